The first kappa shape index (κ1) is 11.7. The van der Waals surface area contributed by atoms with Crippen LogP contribution < -0.4 is 5.73 Å². The quantitative estimate of drug-likeness (QED) is 0.830. The number of hydrogen-bond donors (Lipinski definition) is 1. The van der Waals surface area contributed by atoms with Crippen molar-refractivity contribution in [3.05, 3.63) is 35.6 Å². The zero-order valence-corrected chi connectivity index (χ0v) is 10.3. The number of hydrogen-bond acceptors (Lipinski definition) is 3. The highest BCUT2D eigenvalue weighted by atomic mass is 19.1. The van der Waals surface area contributed by atoms with Gasteiger partial charge in [-0.2, -0.15) is 0 Å². The van der Waals surface area contributed by atoms with Gasteiger partial charge in [-0.05, 0) is 47.8 Å². The van der Waals surface area contributed by atoms with E-state index in [0.717, 1.165) is 24.8 Å². The third-order valence-corrected chi connectivity index (χ3v) is 4.64. The van der Waals surface area contributed by atoms with Crippen molar-refractivity contribution in [2.75, 3.05) is 7.11 Å². The van der Waals surface area contributed by atoms with Gasteiger partial charge in [0.2, 0.25) is 0 Å². The summed E-state index contributed by atoms with van der Waals surface area (Å²) in [6, 6.07) is 6.12. The summed E-state index contributed by atoms with van der Waals surface area (Å²) >= 11 is 0. The average molecular weight is 249 g/mol. The Morgan fingerprint density at radius 1 is 1.33 bits per heavy atom. The van der Waals surface area contributed by atoms with Crippen molar-refractivity contribution in [3.63, 3.8) is 0 Å². The SMILES string of the molecule is COC(=O)C(N)C12CC(c3ccc(F)cc3)(C1)C2. The number of ether oxygens (including phenoxy) is 1. The molecule has 0 spiro atoms. The Labute approximate surface area is 105 Å². The predicted molar refractivity (Wildman–Crippen MR) is 64.4 cm³/mol. The molecule has 2 bridgehead atoms. The number of nitrogens with two attached hydrogens (primary N) is 1. The molecule has 0 amide bonds. The lowest BCUT2D eigenvalue weighted by Crippen LogP contribution is -2.72. The molecule has 18 heavy (non-hydrogen) atoms. The van der Waals surface area contributed by atoms with Crippen LogP contribution in [-0.2, 0) is 14.9 Å². The van der Waals surface area contributed by atoms with Crippen LogP contribution >= 0.6 is 0 Å². The van der Waals surface area contributed by atoms with E-state index in [4.69, 9.17) is 10.5 Å². The van der Waals surface area contributed by atoms with Gasteiger partial charge in [-0.25, -0.2) is 4.39 Å². The maximum absolute atomic E-state index is 12.9. The fourth-order valence-corrected chi connectivity index (χ4v) is 3.68. The van der Waals surface area contributed by atoms with Gasteiger partial charge in [0.25, 0.3) is 0 Å². The van der Waals surface area contributed by atoms with Crippen molar-refractivity contribution in [1.29, 1.82) is 0 Å². The minimum Gasteiger partial charge on any atom is -0.468 e. The summed E-state index contributed by atoms with van der Waals surface area (Å²) in [5.74, 6) is -0.547. The molecule has 0 aromatic heterocycles. The van der Waals surface area contributed by atoms with Crippen molar-refractivity contribution in [2.24, 2.45) is 11.1 Å². The molecule has 96 valence electrons. The molecule has 3 aliphatic rings. The second kappa shape index (κ2) is 3.54. The number of benzene rings is 1. The molecule has 1 aromatic carbocycles. The first-order chi connectivity index (χ1) is 8.51. The van der Waals surface area contributed by atoms with Crippen LogP contribution in [0.4, 0.5) is 4.39 Å². The predicted octanol–water partition coefficient (Wildman–Crippen LogP) is 1.75. The molecular formula is C14H16FNO2. The number of esters is 1. The van der Waals surface area contributed by atoms with Crippen LogP contribution in [0.5, 0.6) is 0 Å². The smallest absolute Gasteiger partial charge is 0.323 e. The molecule has 1 aromatic rings. The zero-order chi connectivity index (χ0) is 13.0. The number of carbonyl (C=O) groups excluding carboxylic acids is 1. The Balaban J connectivity index is 1.73. The zero-order valence-electron chi connectivity index (χ0n) is 10.3. The van der Waals surface area contributed by atoms with Crippen molar-refractivity contribution in [3.8, 4) is 0 Å². The second-order valence-electron chi connectivity index (χ2n) is 5.68. The van der Waals surface area contributed by atoms with Crippen molar-refractivity contribution in [1.82, 2.24) is 0 Å². The van der Waals surface area contributed by atoms with E-state index < -0.39 is 6.04 Å². The van der Waals surface area contributed by atoms with Gasteiger partial charge < -0.3 is 10.5 Å². The topological polar surface area (TPSA) is 52.3 Å². The molecule has 1 unspecified atom stereocenters. The van der Waals surface area contributed by atoms with E-state index in [1.807, 2.05) is 12.1 Å². The largest absolute Gasteiger partial charge is 0.468 e. The molecule has 3 fully saturated rings. The van der Waals surface area contributed by atoms with Crippen LogP contribution in [0.1, 0.15) is 24.8 Å². The van der Waals surface area contributed by atoms with Gasteiger partial charge in [-0.1, -0.05) is 12.1 Å². The molecule has 1 atom stereocenters. The van der Waals surface area contributed by atoms with Gasteiger partial charge in [-0.3, -0.25) is 4.79 Å². The van der Waals surface area contributed by atoms with Crippen molar-refractivity contribution >= 4 is 5.97 Å². The summed E-state index contributed by atoms with van der Waals surface area (Å²) < 4.78 is 17.6. The van der Waals surface area contributed by atoms with Crippen LogP contribution in [0.2, 0.25) is 0 Å². The van der Waals surface area contributed by atoms with E-state index in [9.17, 15) is 9.18 Å². The molecule has 3 nitrogen and oxygen atoms in total. The minimum absolute atomic E-state index is 0.0819. The number of halogens is 1. The van der Waals surface area contributed by atoms with E-state index in [1.165, 1.54) is 19.2 Å². The van der Waals surface area contributed by atoms with E-state index >= 15 is 0 Å². The molecule has 4 rings (SSSR count). The average Bonchev–Trinajstić information content (AvgIpc) is 2.27. The van der Waals surface area contributed by atoms with Crippen LogP contribution in [0, 0.1) is 11.2 Å². The first-order valence-corrected chi connectivity index (χ1v) is 6.11. The van der Waals surface area contributed by atoms with E-state index in [-0.39, 0.29) is 22.6 Å². The van der Waals surface area contributed by atoms with Gasteiger partial charge in [-0.15, -0.1) is 0 Å². The molecular weight excluding hydrogens is 233 g/mol. The van der Waals surface area contributed by atoms with E-state index in [2.05, 4.69) is 0 Å². The first-order valence-electron chi connectivity index (χ1n) is 6.11. The molecule has 4 heteroatoms. The lowest BCUT2D eigenvalue weighted by molar-refractivity contribution is -0.181. The Hall–Kier alpha value is -1.42. The van der Waals surface area contributed by atoms with Crippen LogP contribution in [0.25, 0.3) is 0 Å². The lowest BCUT2D eigenvalue weighted by atomic mass is 9.31. The normalized spacial score (nSPS) is 34.2. The van der Waals surface area contributed by atoms with Gasteiger partial charge in [0.1, 0.15) is 11.9 Å². The van der Waals surface area contributed by atoms with Crippen LogP contribution in [-0.4, -0.2) is 19.1 Å². The molecule has 0 heterocycles. The molecule has 3 aliphatic carbocycles. The fraction of sp³-hybridized carbons (Fsp3) is 0.500. The Morgan fingerprint density at radius 2 is 1.89 bits per heavy atom. The molecule has 2 N–H and O–H groups in total. The standard InChI is InChI=1S/C14H16FNO2/c1-18-12(17)11(16)14-6-13(7-14,8-14)9-2-4-10(15)5-3-9/h2-5,11H,6-8,16H2,1H3. The van der Waals surface area contributed by atoms with Crippen LogP contribution in [0.3, 0.4) is 0 Å². The van der Waals surface area contributed by atoms with Crippen LogP contribution in [0.15, 0.2) is 24.3 Å². The number of rotatable bonds is 3. The van der Waals surface area contributed by atoms with Gasteiger partial charge in [0.15, 0.2) is 0 Å². The minimum atomic E-state index is -0.523. The van der Waals surface area contributed by atoms with Gasteiger partial charge >= 0.3 is 5.97 Å². The molecule has 0 saturated heterocycles. The maximum atomic E-state index is 12.9. The highest BCUT2D eigenvalue weighted by Crippen LogP contribution is 2.74. The Kier molecular flexibility index (Phi) is 2.29. The summed E-state index contributed by atoms with van der Waals surface area (Å²) in [5, 5.41) is 0. The van der Waals surface area contributed by atoms with Gasteiger partial charge in [0, 0.05) is 0 Å². The number of methoxy groups -OCH3 is 1. The summed E-state index contributed by atoms with van der Waals surface area (Å²) in [6.07, 6.45) is 2.71. The summed E-state index contributed by atoms with van der Waals surface area (Å²) in [5.41, 5.74) is 7.13. The maximum Gasteiger partial charge on any atom is 0.323 e. The van der Waals surface area contributed by atoms with Crippen molar-refractivity contribution < 1.29 is 13.9 Å². The molecule has 3 saturated carbocycles. The Bertz CT molecular complexity index is 477. The molecule has 0 radical (unpaired) electrons. The second-order valence-corrected chi connectivity index (χ2v) is 5.68. The monoisotopic (exact) mass is 249 g/mol. The van der Waals surface area contributed by atoms with E-state index in [0.29, 0.717) is 0 Å². The summed E-state index contributed by atoms with van der Waals surface area (Å²) in [4.78, 5) is 11.5. The number of carbonyl (C=O) groups is 1. The van der Waals surface area contributed by atoms with Crippen molar-refractivity contribution in [2.45, 2.75) is 30.7 Å². The highest BCUT2D eigenvalue weighted by molar-refractivity contribution is 5.77. The lowest BCUT2D eigenvalue weighted by Gasteiger charge is -2.72. The van der Waals surface area contributed by atoms with Gasteiger partial charge in [0.05, 0.1) is 7.11 Å². The molecule has 0 aliphatic heterocycles. The highest BCUT2D eigenvalue weighted by Gasteiger charge is 2.71. The Morgan fingerprint density at radius 3 is 2.39 bits per heavy atom. The van der Waals surface area contributed by atoms with E-state index in [1.54, 1.807) is 0 Å². The summed E-state index contributed by atoms with van der Waals surface area (Å²) in [6.45, 7) is 0. The third kappa shape index (κ3) is 1.35. The third-order valence-electron chi connectivity index (χ3n) is 4.64. The fourth-order valence-electron chi connectivity index (χ4n) is 3.68. The summed E-state index contributed by atoms with van der Waals surface area (Å²) in [7, 11) is 1.36.